The Morgan fingerprint density at radius 1 is 1.50 bits per heavy atom. The Morgan fingerprint density at radius 3 is 2.83 bits per heavy atom. The Morgan fingerprint density at radius 2 is 2.28 bits per heavy atom. The van der Waals surface area contributed by atoms with Crippen LogP contribution in [0.5, 0.6) is 0 Å². The van der Waals surface area contributed by atoms with Crippen LogP contribution in [0.15, 0.2) is 22.8 Å². The van der Waals surface area contributed by atoms with Crippen molar-refractivity contribution in [2.45, 2.75) is 52.2 Å². The van der Waals surface area contributed by atoms with E-state index < -0.39 is 0 Å². The van der Waals surface area contributed by atoms with Crippen LogP contribution in [0.2, 0.25) is 0 Å². The predicted molar refractivity (Wildman–Crippen MR) is 72.2 cm³/mol. The van der Waals surface area contributed by atoms with Crippen LogP contribution in [0, 0.1) is 11.3 Å². The lowest BCUT2D eigenvalue weighted by atomic mass is 9.71. The molecule has 1 aliphatic carbocycles. The summed E-state index contributed by atoms with van der Waals surface area (Å²) in [6.07, 6.45) is 5.37. The van der Waals surface area contributed by atoms with Crippen LogP contribution in [-0.2, 0) is 4.74 Å². The number of furan rings is 1. The first-order chi connectivity index (χ1) is 8.50. The van der Waals surface area contributed by atoms with Crippen LogP contribution in [0.4, 0.5) is 0 Å². The largest absolute Gasteiger partial charge is 0.467 e. The fraction of sp³-hybridized carbons (Fsp3) is 0.733. The SMILES string of the molecule is CC1CC(OC(CN)c2ccco2)CC(C)(C)C1. The van der Waals surface area contributed by atoms with E-state index in [-0.39, 0.29) is 6.10 Å². The molecule has 3 atom stereocenters. The van der Waals surface area contributed by atoms with Crippen LogP contribution in [-0.4, -0.2) is 12.6 Å². The van der Waals surface area contributed by atoms with Crippen LogP contribution < -0.4 is 5.73 Å². The van der Waals surface area contributed by atoms with Gasteiger partial charge in [-0.05, 0) is 42.7 Å². The molecule has 1 fully saturated rings. The molecule has 1 aromatic rings. The first-order valence-electron chi connectivity index (χ1n) is 6.89. The Balaban J connectivity index is 1.99. The first kappa shape index (κ1) is 13.6. The standard InChI is InChI=1S/C15H25NO2/c1-11-7-12(9-15(2,3)8-11)18-14(10-16)13-5-4-6-17-13/h4-6,11-12,14H,7-10,16H2,1-3H3. The normalized spacial score (nSPS) is 29.1. The third-order valence-corrected chi connectivity index (χ3v) is 3.78. The molecule has 1 aromatic heterocycles. The molecular weight excluding hydrogens is 226 g/mol. The van der Waals surface area contributed by atoms with Gasteiger partial charge in [0.05, 0.1) is 12.4 Å². The molecule has 0 saturated heterocycles. The number of rotatable bonds is 4. The lowest BCUT2D eigenvalue weighted by Gasteiger charge is -2.39. The molecule has 3 unspecified atom stereocenters. The summed E-state index contributed by atoms with van der Waals surface area (Å²) in [6, 6.07) is 3.82. The second-order valence-corrected chi connectivity index (χ2v) is 6.41. The van der Waals surface area contributed by atoms with Gasteiger partial charge >= 0.3 is 0 Å². The highest BCUT2D eigenvalue weighted by Gasteiger charge is 2.34. The fourth-order valence-electron chi connectivity index (χ4n) is 3.31. The molecule has 0 bridgehead atoms. The zero-order valence-corrected chi connectivity index (χ0v) is 11.7. The molecule has 1 heterocycles. The van der Waals surface area contributed by atoms with E-state index in [0.29, 0.717) is 24.0 Å². The summed E-state index contributed by atoms with van der Waals surface area (Å²) in [5, 5.41) is 0. The van der Waals surface area contributed by atoms with Gasteiger partial charge in [0.15, 0.2) is 0 Å². The summed E-state index contributed by atoms with van der Waals surface area (Å²) in [5.41, 5.74) is 6.16. The first-order valence-corrected chi connectivity index (χ1v) is 6.89. The number of nitrogens with two attached hydrogens (primary N) is 1. The van der Waals surface area contributed by atoms with Gasteiger partial charge in [0.25, 0.3) is 0 Å². The van der Waals surface area contributed by atoms with Crippen LogP contribution in [0.25, 0.3) is 0 Å². The molecule has 3 nitrogen and oxygen atoms in total. The van der Waals surface area contributed by atoms with Crippen molar-refractivity contribution in [1.29, 1.82) is 0 Å². The Hall–Kier alpha value is -0.800. The Kier molecular flexibility index (Phi) is 4.13. The van der Waals surface area contributed by atoms with Crippen LogP contribution in [0.3, 0.4) is 0 Å². The van der Waals surface area contributed by atoms with E-state index in [9.17, 15) is 0 Å². The van der Waals surface area contributed by atoms with Gasteiger partial charge in [-0.3, -0.25) is 0 Å². The highest BCUT2D eigenvalue weighted by Crippen LogP contribution is 2.41. The lowest BCUT2D eigenvalue weighted by molar-refractivity contribution is -0.0701. The quantitative estimate of drug-likeness (QED) is 0.890. The van der Waals surface area contributed by atoms with Gasteiger partial charge in [-0.15, -0.1) is 0 Å². The fourth-order valence-corrected chi connectivity index (χ4v) is 3.31. The second kappa shape index (κ2) is 5.45. The van der Waals surface area contributed by atoms with Gasteiger partial charge in [0.1, 0.15) is 11.9 Å². The van der Waals surface area contributed by atoms with Crippen molar-refractivity contribution in [2.75, 3.05) is 6.54 Å². The molecule has 2 N–H and O–H groups in total. The topological polar surface area (TPSA) is 48.4 Å². The average molecular weight is 251 g/mol. The predicted octanol–water partition coefficient (Wildman–Crippen LogP) is 3.51. The van der Waals surface area contributed by atoms with Crippen LogP contribution in [0.1, 0.15) is 51.9 Å². The minimum atomic E-state index is -0.105. The summed E-state index contributed by atoms with van der Waals surface area (Å²) in [7, 11) is 0. The molecular formula is C15H25NO2. The monoisotopic (exact) mass is 251 g/mol. The maximum atomic E-state index is 6.17. The number of ether oxygens (including phenoxy) is 1. The molecule has 0 aromatic carbocycles. The second-order valence-electron chi connectivity index (χ2n) is 6.41. The third kappa shape index (κ3) is 3.36. The molecule has 0 amide bonds. The van der Waals surface area contributed by atoms with Crippen molar-refractivity contribution in [1.82, 2.24) is 0 Å². The molecule has 18 heavy (non-hydrogen) atoms. The van der Waals surface area contributed by atoms with Gasteiger partial charge in [0, 0.05) is 6.54 Å². The van der Waals surface area contributed by atoms with E-state index >= 15 is 0 Å². The van der Waals surface area contributed by atoms with E-state index in [4.69, 9.17) is 14.9 Å². The molecule has 1 aliphatic rings. The lowest BCUT2D eigenvalue weighted by Crippen LogP contribution is -2.34. The van der Waals surface area contributed by atoms with Gasteiger partial charge in [-0.2, -0.15) is 0 Å². The zero-order chi connectivity index (χ0) is 13.2. The molecule has 3 heteroatoms. The molecule has 102 valence electrons. The molecule has 0 spiro atoms. The van der Waals surface area contributed by atoms with Gasteiger partial charge in [-0.1, -0.05) is 20.8 Å². The van der Waals surface area contributed by atoms with E-state index in [0.717, 1.165) is 18.6 Å². The summed E-state index contributed by atoms with van der Waals surface area (Å²) >= 11 is 0. The number of hydrogen-bond acceptors (Lipinski definition) is 3. The van der Waals surface area contributed by atoms with Gasteiger partial charge in [0.2, 0.25) is 0 Å². The summed E-state index contributed by atoms with van der Waals surface area (Å²) < 4.78 is 11.6. The van der Waals surface area contributed by atoms with Crippen molar-refractivity contribution in [3.63, 3.8) is 0 Å². The maximum Gasteiger partial charge on any atom is 0.133 e. The van der Waals surface area contributed by atoms with Gasteiger partial charge < -0.3 is 14.9 Å². The van der Waals surface area contributed by atoms with Crippen molar-refractivity contribution >= 4 is 0 Å². The maximum absolute atomic E-state index is 6.17. The Bertz CT molecular complexity index is 359. The van der Waals surface area contributed by atoms with E-state index in [1.54, 1.807) is 6.26 Å². The highest BCUT2D eigenvalue weighted by molar-refractivity contribution is 5.03. The molecule has 0 radical (unpaired) electrons. The van der Waals surface area contributed by atoms with Crippen molar-refractivity contribution in [3.05, 3.63) is 24.2 Å². The highest BCUT2D eigenvalue weighted by atomic mass is 16.5. The minimum absolute atomic E-state index is 0.105. The van der Waals surface area contributed by atoms with Crippen LogP contribution >= 0.6 is 0 Å². The number of hydrogen-bond donors (Lipinski definition) is 1. The minimum Gasteiger partial charge on any atom is -0.467 e. The third-order valence-electron chi connectivity index (χ3n) is 3.78. The summed E-state index contributed by atoms with van der Waals surface area (Å²) in [5.74, 6) is 1.56. The molecule has 0 aliphatic heterocycles. The summed E-state index contributed by atoms with van der Waals surface area (Å²) in [4.78, 5) is 0. The van der Waals surface area contributed by atoms with E-state index in [1.165, 1.54) is 6.42 Å². The van der Waals surface area contributed by atoms with Crippen molar-refractivity contribution in [2.24, 2.45) is 17.1 Å². The molecule has 1 saturated carbocycles. The smallest absolute Gasteiger partial charge is 0.133 e. The summed E-state index contributed by atoms with van der Waals surface area (Å²) in [6.45, 7) is 7.42. The average Bonchev–Trinajstić information content (AvgIpc) is 2.76. The van der Waals surface area contributed by atoms with Crippen molar-refractivity contribution < 1.29 is 9.15 Å². The Labute approximate surface area is 110 Å². The van der Waals surface area contributed by atoms with E-state index in [2.05, 4.69) is 20.8 Å². The van der Waals surface area contributed by atoms with Crippen molar-refractivity contribution in [3.8, 4) is 0 Å². The van der Waals surface area contributed by atoms with E-state index in [1.807, 2.05) is 12.1 Å². The zero-order valence-electron chi connectivity index (χ0n) is 11.7. The molecule has 2 rings (SSSR count). The van der Waals surface area contributed by atoms with Gasteiger partial charge in [-0.25, -0.2) is 0 Å².